The molecule has 23 heavy (non-hydrogen) atoms. The molecule has 1 saturated heterocycles. The molecule has 126 valence electrons. The molecule has 0 spiro atoms. The highest BCUT2D eigenvalue weighted by molar-refractivity contribution is 7.10. The van der Waals surface area contributed by atoms with Crippen LogP contribution >= 0.6 is 11.3 Å². The monoisotopic (exact) mass is 338 g/mol. The van der Waals surface area contributed by atoms with Crippen molar-refractivity contribution in [3.8, 4) is 0 Å². The molecule has 1 aromatic heterocycles. The molecular formula is C15H22N4O3S. The quantitative estimate of drug-likeness (QED) is 0.774. The van der Waals surface area contributed by atoms with Gasteiger partial charge in [0.1, 0.15) is 13.1 Å². The third-order valence-electron chi connectivity index (χ3n) is 3.85. The third-order valence-corrected chi connectivity index (χ3v) is 4.97. The van der Waals surface area contributed by atoms with Gasteiger partial charge in [-0.3, -0.25) is 14.5 Å². The number of carbonyl (C=O) groups is 3. The Morgan fingerprint density at radius 2 is 2.13 bits per heavy atom. The van der Waals surface area contributed by atoms with Crippen molar-refractivity contribution in [2.24, 2.45) is 0 Å². The highest BCUT2D eigenvalue weighted by atomic mass is 32.1. The molecule has 0 saturated carbocycles. The zero-order valence-corrected chi connectivity index (χ0v) is 14.6. The summed E-state index contributed by atoms with van der Waals surface area (Å²) in [4.78, 5) is 41.1. The van der Waals surface area contributed by atoms with E-state index in [4.69, 9.17) is 0 Å². The van der Waals surface area contributed by atoms with Gasteiger partial charge in [-0.2, -0.15) is 0 Å². The molecule has 1 atom stereocenters. The number of urea groups is 1. The molecule has 0 aliphatic carbocycles. The summed E-state index contributed by atoms with van der Waals surface area (Å²) < 4.78 is 0. The van der Waals surface area contributed by atoms with Crippen molar-refractivity contribution in [3.05, 3.63) is 21.9 Å². The fraction of sp³-hybridized carbons (Fsp3) is 0.533. The fourth-order valence-electron chi connectivity index (χ4n) is 2.47. The van der Waals surface area contributed by atoms with Crippen molar-refractivity contribution in [2.75, 3.05) is 40.8 Å². The number of nitrogens with one attached hydrogen (secondary N) is 1. The van der Waals surface area contributed by atoms with Crippen LogP contribution in [-0.2, 0) is 9.59 Å². The minimum absolute atomic E-state index is 0.0286. The second kappa shape index (κ2) is 7.10. The number of carbonyl (C=O) groups excluding carboxylic acids is 3. The number of nitrogens with zero attached hydrogens (tertiary/aromatic N) is 3. The lowest BCUT2D eigenvalue weighted by Crippen LogP contribution is -2.43. The topological polar surface area (TPSA) is 73.0 Å². The number of hydrogen-bond acceptors (Lipinski definition) is 5. The summed E-state index contributed by atoms with van der Waals surface area (Å²) >= 11 is 1.65. The summed E-state index contributed by atoms with van der Waals surface area (Å²) in [5.74, 6) is -0.672. The maximum Gasteiger partial charge on any atom is 0.327 e. The van der Waals surface area contributed by atoms with Crippen molar-refractivity contribution in [2.45, 2.75) is 13.0 Å². The highest BCUT2D eigenvalue weighted by Gasteiger charge is 2.34. The molecule has 1 N–H and O–H groups in total. The standard InChI is InChI=1S/C15H22N4O3S/c1-10-5-6-23-14(10)11(17(2)3)7-16-12(20)8-19-13(21)9-18(4)15(19)22/h5-6,11H,7-9H2,1-4H3,(H,16,20). The van der Waals surface area contributed by atoms with E-state index in [2.05, 4.69) is 11.4 Å². The smallest absolute Gasteiger partial charge is 0.327 e. The molecular weight excluding hydrogens is 316 g/mol. The number of thiophene rings is 1. The van der Waals surface area contributed by atoms with Crippen molar-refractivity contribution in [1.29, 1.82) is 0 Å². The number of imide groups is 1. The van der Waals surface area contributed by atoms with Gasteiger partial charge >= 0.3 is 6.03 Å². The fourth-order valence-corrected chi connectivity index (χ4v) is 3.59. The summed E-state index contributed by atoms with van der Waals surface area (Å²) in [5.41, 5.74) is 1.19. The average Bonchev–Trinajstić information content (AvgIpc) is 2.98. The van der Waals surface area contributed by atoms with Crippen LogP contribution in [0.25, 0.3) is 0 Å². The lowest BCUT2D eigenvalue weighted by atomic mass is 10.1. The van der Waals surface area contributed by atoms with E-state index in [1.165, 1.54) is 15.3 Å². The Morgan fingerprint density at radius 3 is 2.61 bits per heavy atom. The number of aryl methyl sites for hydroxylation is 1. The van der Waals surface area contributed by atoms with Crippen LogP contribution in [0.3, 0.4) is 0 Å². The Kier molecular flexibility index (Phi) is 5.38. The number of amides is 4. The molecule has 1 unspecified atom stereocenters. The van der Waals surface area contributed by atoms with Crippen LogP contribution in [0.4, 0.5) is 4.79 Å². The lowest BCUT2D eigenvalue weighted by molar-refractivity contribution is -0.130. The lowest BCUT2D eigenvalue weighted by Gasteiger charge is -2.25. The predicted octanol–water partition coefficient (Wildman–Crippen LogP) is 0.669. The molecule has 1 fully saturated rings. The number of likely N-dealkylation sites (N-methyl/N-ethyl adjacent to an activating group) is 2. The van der Waals surface area contributed by atoms with Gasteiger partial charge in [-0.05, 0) is 38.0 Å². The van der Waals surface area contributed by atoms with Crippen molar-refractivity contribution in [1.82, 2.24) is 20.0 Å². The SMILES string of the molecule is Cc1ccsc1C(CNC(=O)CN1C(=O)CN(C)C1=O)N(C)C. The van der Waals surface area contributed by atoms with Gasteiger partial charge in [0.15, 0.2) is 0 Å². The molecule has 4 amide bonds. The van der Waals surface area contributed by atoms with Gasteiger partial charge in [0, 0.05) is 18.5 Å². The summed E-state index contributed by atoms with van der Waals surface area (Å²) in [7, 11) is 5.46. The first kappa shape index (κ1) is 17.4. The van der Waals surface area contributed by atoms with E-state index in [1.807, 2.05) is 31.3 Å². The van der Waals surface area contributed by atoms with Crippen molar-refractivity contribution < 1.29 is 14.4 Å². The third kappa shape index (κ3) is 3.89. The van der Waals surface area contributed by atoms with E-state index in [9.17, 15) is 14.4 Å². The first-order chi connectivity index (χ1) is 10.8. The first-order valence-electron chi connectivity index (χ1n) is 7.33. The Labute approximate surface area is 139 Å². The highest BCUT2D eigenvalue weighted by Crippen LogP contribution is 2.26. The van der Waals surface area contributed by atoms with Crippen LogP contribution in [0.5, 0.6) is 0 Å². The van der Waals surface area contributed by atoms with Crippen LogP contribution in [-0.4, -0.2) is 73.3 Å². The molecule has 0 radical (unpaired) electrons. The largest absolute Gasteiger partial charge is 0.353 e. The molecule has 2 rings (SSSR count). The number of hydrogen-bond donors (Lipinski definition) is 1. The zero-order chi connectivity index (χ0) is 17.1. The molecule has 1 aliphatic rings. The van der Waals surface area contributed by atoms with E-state index < -0.39 is 6.03 Å². The minimum atomic E-state index is -0.427. The average molecular weight is 338 g/mol. The van der Waals surface area contributed by atoms with E-state index in [0.717, 1.165) is 4.90 Å². The van der Waals surface area contributed by atoms with Crippen molar-refractivity contribution in [3.63, 3.8) is 0 Å². The maximum atomic E-state index is 12.1. The van der Waals surface area contributed by atoms with Gasteiger partial charge in [-0.15, -0.1) is 11.3 Å². The Balaban J connectivity index is 1.94. The molecule has 2 heterocycles. The van der Waals surface area contributed by atoms with Crippen LogP contribution in [0, 0.1) is 6.92 Å². The van der Waals surface area contributed by atoms with E-state index in [1.54, 1.807) is 18.4 Å². The minimum Gasteiger partial charge on any atom is -0.353 e. The summed E-state index contributed by atoms with van der Waals surface area (Å²) in [6, 6.07) is 1.69. The van der Waals surface area contributed by atoms with Gasteiger partial charge in [-0.25, -0.2) is 4.79 Å². The Morgan fingerprint density at radius 1 is 1.43 bits per heavy atom. The van der Waals surface area contributed by atoms with E-state index >= 15 is 0 Å². The van der Waals surface area contributed by atoms with Gasteiger partial charge in [-0.1, -0.05) is 0 Å². The van der Waals surface area contributed by atoms with Gasteiger partial charge in [0.05, 0.1) is 6.04 Å². The summed E-state index contributed by atoms with van der Waals surface area (Å²) in [6.07, 6.45) is 0. The van der Waals surface area contributed by atoms with E-state index in [0.29, 0.717) is 6.54 Å². The molecule has 7 nitrogen and oxygen atoms in total. The number of rotatable bonds is 6. The van der Waals surface area contributed by atoms with Crippen molar-refractivity contribution >= 4 is 29.2 Å². The van der Waals surface area contributed by atoms with Gasteiger partial charge < -0.3 is 15.1 Å². The summed E-state index contributed by atoms with van der Waals surface area (Å²) in [6.45, 7) is 2.27. The van der Waals surface area contributed by atoms with E-state index in [-0.39, 0.29) is 30.9 Å². The normalized spacial score (nSPS) is 16.4. The predicted molar refractivity (Wildman–Crippen MR) is 88.2 cm³/mol. The molecule has 0 bridgehead atoms. The molecule has 1 aliphatic heterocycles. The Bertz CT molecular complexity index is 614. The van der Waals surface area contributed by atoms with Crippen LogP contribution in [0.2, 0.25) is 0 Å². The van der Waals surface area contributed by atoms with Crippen LogP contribution < -0.4 is 5.32 Å². The van der Waals surface area contributed by atoms with Crippen LogP contribution in [0.1, 0.15) is 16.5 Å². The van der Waals surface area contributed by atoms with Gasteiger partial charge in [0.25, 0.3) is 5.91 Å². The van der Waals surface area contributed by atoms with Crippen LogP contribution in [0.15, 0.2) is 11.4 Å². The summed E-state index contributed by atoms with van der Waals surface area (Å²) in [5, 5.41) is 4.85. The second-order valence-corrected chi connectivity index (χ2v) is 6.82. The molecule has 8 heteroatoms. The second-order valence-electron chi connectivity index (χ2n) is 5.87. The maximum absolute atomic E-state index is 12.1. The Hall–Kier alpha value is -1.93. The molecule has 0 aromatic carbocycles. The van der Waals surface area contributed by atoms with Gasteiger partial charge in [0.2, 0.25) is 5.91 Å². The molecule has 1 aromatic rings. The zero-order valence-electron chi connectivity index (χ0n) is 13.8. The first-order valence-corrected chi connectivity index (χ1v) is 8.21.